The SMILES string of the molecule is CC1CCc2nc(CN3CCC4(CCNCC4)C3)sc2C1. The minimum atomic E-state index is 0.622. The van der Waals surface area contributed by atoms with Gasteiger partial charge in [-0.15, -0.1) is 11.3 Å². The third-order valence-corrected chi connectivity index (χ3v) is 6.88. The molecule has 3 heterocycles. The predicted octanol–water partition coefficient (Wildman–Crippen LogP) is 2.84. The Hall–Kier alpha value is -0.450. The van der Waals surface area contributed by atoms with Crippen LogP contribution in [0, 0.1) is 11.3 Å². The smallest absolute Gasteiger partial charge is 0.107 e. The van der Waals surface area contributed by atoms with Gasteiger partial charge in [0.05, 0.1) is 12.2 Å². The number of thiazole rings is 1. The van der Waals surface area contributed by atoms with Gasteiger partial charge < -0.3 is 5.32 Å². The fourth-order valence-electron chi connectivity index (χ4n) is 4.38. The van der Waals surface area contributed by atoms with Crippen LogP contribution >= 0.6 is 11.3 Å². The highest BCUT2D eigenvalue weighted by Gasteiger charge is 2.38. The fourth-order valence-corrected chi connectivity index (χ4v) is 5.70. The van der Waals surface area contributed by atoms with Crippen molar-refractivity contribution < 1.29 is 0 Å². The second kappa shape index (κ2) is 5.64. The summed E-state index contributed by atoms with van der Waals surface area (Å²) in [5.41, 5.74) is 2.04. The molecule has 0 saturated carbocycles. The van der Waals surface area contributed by atoms with E-state index in [2.05, 4.69) is 17.1 Å². The number of fused-ring (bicyclic) bond motifs is 1. The van der Waals surface area contributed by atoms with Crippen LogP contribution in [0.25, 0.3) is 0 Å². The number of aromatic nitrogens is 1. The van der Waals surface area contributed by atoms with Crippen molar-refractivity contribution in [3.8, 4) is 0 Å². The van der Waals surface area contributed by atoms with Crippen molar-refractivity contribution in [1.82, 2.24) is 15.2 Å². The van der Waals surface area contributed by atoms with Crippen LogP contribution in [-0.2, 0) is 19.4 Å². The topological polar surface area (TPSA) is 28.2 Å². The largest absolute Gasteiger partial charge is 0.317 e. The van der Waals surface area contributed by atoms with Gasteiger partial charge in [0.2, 0.25) is 0 Å². The molecule has 1 atom stereocenters. The van der Waals surface area contributed by atoms with Gasteiger partial charge in [-0.25, -0.2) is 4.98 Å². The van der Waals surface area contributed by atoms with Crippen LogP contribution in [0.2, 0.25) is 0 Å². The maximum atomic E-state index is 4.95. The number of hydrogen-bond acceptors (Lipinski definition) is 4. The van der Waals surface area contributed by atoms with Gasteiger partial charge in [0.15, 0.2) is 0 Å². The number of piperidine rings is 1. The molecule has 1 aromatic heterocycles. The van der Waals surface area contributed by atoms with Crippen LogP contribution in [0.3, 0.4) is 0 Å². The summed E-state index contributed by atoms with van der Waals surface area (Å²) in [4.78, 5) is 9.20. The Balaban J connectivity index is 1.41. The molecule has 0 bridgehead atoms. The van der Waals surface area contributed by atoms with Crippen LogP contribution in [0.15, 0.2) is 0 Å². The molecular weight excluding hydrogens is 278 g/mol. The summed E-state index contributed by atoms with van der Waals surface area (Å²) in [7, 11) is 0. The molecule has 1 aromatic rings. The summed E-state index contributed by atoms with van der Waals surface area (Å²) in [5.74, 6) is 0.857. The first-order valence-corrected chi connectivity index (χ1v) is 9.45. The average molecular weight is 305 g/mol. The number of nitrogens with zero attached hydrogens (tertiary/aromatic N) is 2. The molecule has 4 rings (SSSR count). The van der Waals surface area contributed by atoms with E-state index in [1.807, 2.05) is 11.3 Å². The standard InChI is InChI=1S/C17H27N3S/c1-13-2-3-14-15(10-13)21-16(19-14)11-20-9-6-17(12-20)4-7-18-8-5-17/h13,18H,2-12H2,1H3. The van der Waals surface area contributed by atoms with E-state index in [1.165, 1.54) is 75.4 Å². The second-order valence-corrected chi connectivity index (χ2v) is 8.70. The van der Waals surface area contributed by atoms with Crippen LogP contribution in [0.5, 0.6) is 0 Å². The summed E-state index contributed by atoms with van der Waals surface area (Å²) in [6.07, 6.45) is 7.95. The van der Waals surface area contributed by atoms with Gasteiger partial charge in [-0.05, 0) is 69.5 Å². The number of aryl methyl sites for hydroxylation is 1. The quantitative estimate of drug-likeness (QED) is 0.910. The fraction of sp³-hybridized carbons (Fsp3) is 0.824. The Morgan fingerprint density at radius 3 is 3.05 bits per heavy atom. The van der Waals surface area contributed by atoms with E-state index in [0.717, 1.165) is 12.5 Å². The zero-order valence-corrected chi connectivity index (χ0v) is 14.0. The lowest BCUT2D eigenvalue weighted by molar-refractivity contribution is 0.194. The van der Waals surface area contributed by atoms with Gasteiger partial charge in [-0.1, -0.05) is 6.92 Å². The summed E-state index contributed by atoms with van der Waals surface area (Å²) < 4.78 is 0. The zero-order chi connectivity index (χ0) is 14.3. The maximum absolute atomic E-state index is 4.95. The lowest BCUT2D eigenvalue weighted by Crippen LogP contribution is -2.38. The number of hydrogen-bond donors (Lipinski definition) is 1. The van der Waals surface area contributed by atoms with Crippen molar-refractivity contribution in [3.63, 3.8) is 0 Å². The molecule has 1 aliphatic carbocycles. The summed E-state index contributed by atoms with van der Waals surface area (Å²) in [6.45, 7) is 8.50. The first-order chi connectivity index (χ1) is 10.2. The highest BCUT2D eigenvalue weighted by Crippen LogP contribution is 2.39. The molecular formula is C17H27N3S. The van der Waals surface area contributed by atoms with Crippen molar-refractivity contribution in [3.05, 3.63) is 15.6 Å². The lowest BCUT2D eigenvalue weighted by Gasteiger charge is -2.33. The van der Waals surface area contributed by atoms with Gasteiger partial charge in [0, 0.05) is 11.4 Å². The van der Waals surface area contributed by atoms with Crippen molar-refractivity contribution >= 4 is 11.3 Å². The molecule has 1 unspecified atom stereocenters. The minimum Gasteiger partial charge on any atom is -0.317 e. The van der Waals surface area contributed by atoms with E-state index in [9.17, 15) is 0 Å². The molecule has 3 aliphatic rings. The number of rotatable bonds is 2. The lowest BCUT2D eigenvalue weighted by atomic mass is 9.78. The van der Waals surface area contributed by atoms with Crippen molar-refractivity contribution in [2.75, 3.05) is 26.2 Å². The highest BCUT2D eigenvalue weighted by atomic mass is 32.1. The van der Waals surface area contributed by atoms with Crippen LogP contribution in [0.4, 0.5) is 0 Å². The molecule has 116 valence electrons. The first kappa shape index (κ1) is 14.2. The molecule has 1 spiro atoms. The molecule has 0 amide bonds. The zero-order valence-electron chi connectivity index (χ0n) is 13.2. The molecule has 2 saturated heterocycles. The minimum absolute atomic E-state index is 0.622. The Kier molecular flexibility index (Phi) is 3.80. The van der Waals surface area contributed by atoms with E-state index >= 15 is 0 Å². The molecule has 0 aromatic carbocycles. The number of likely N-dealkylation sites (tertiary alicyclic amines) is 1. The van der Waals surface area contributed by atoms with E-state index in [4.69, 9.17) is 4.98 Å². The van der Waals surface area contributed by atoms with Crippen molar-refractivity contribution in [1.29, 1.82) is 0 Å². The normalized spacial score (nSPS) is 28.9. The molecule has 2 aliphatic heterocycles. The Morgan fingerprint density at radius 2 is 2.19 bits per heavy atom. The maximum Gasteiger partial charge on any atom is 0.107 e. The second-order valence-electron chi connectivity index (χ2n) is 7.54. The van der Waals surface area contributed by atoms with Gasteiger partial charge in [-0.2, -0.15) is 0 Å². The van der Waals surface area contributed by atoms with E-state index in [1.54, 1.807) is 4.88 Å². The Labute approximate surface area is 132 Å². The van der Waals surface area contributed by atoms with E-state index < -0.39 is 0 Å². The summed E-state index contributed by atoms with van der Waals surface area (Å²) in [5, 5.41) is 4.88. The highest BCUT2D eigenvalue weighted by molar-refractivity contribution is 7.11. The molecule has 3 nitrogen and oxygen atoms in total. The van der Waals surface area contributed by atoms with Gasteiger partial charge >= 0.3 is 0 Å². The van der Waals surface area contributed by atoms with Crippen LogP contribution in [0.1, 0.15) is 48.2 Å². The summed E-state index contributed by atoms with van der Waals surface area (Å²) >= 11 is 2.00. The molecule has 4 heteroatoms. The summed E-state index contributed by atoms with van der Waals surface area (Å²) in [6, 6.07) is 0. The Bertz CT molecular complexity index is 504. The third kappa shape index (κ3) is 2.90. The predicted molar refractivity (Wildman–Crippen MR) is 87.7 cm³/mol. The van der Waals surface area contributed by atoms with Crippen LogP contribution in [-0.4, -0.2) is 36.1 Å². The molecule has 1 N–H and O–H groups in total. The van der Waals surface area contributed by atoms with Crippen molar-refractivity contribution in [2.24, 2.45) is 11.3 Å². The molecule has 0 radical (unpaired) electrons. The first-order valence-electron chi connectivity index (χ1n) is 8.63. The number of nitrogens with one attached hydrogen (secondary N) is 1. The molecule has 21 heavy (non-hydrogen) atoms. The Morgan fingerprint density at radius 1 is 1.33 bits per heavy atom. The average Bonchev–Trinajstić information content (AvgIpc) is 3.04. The van der Waals surface area contributed by atoms with Gasteiger partial charge in [0.25, 0.3) is 0 Å². The van der Waals surface area contributed by atoms with Crippen LogP contribution < -0.4 is 5.32 Å². The van der Waals surface area contributed by atoms with Gasteiger partial charge in [0.1, 0.15) is 5.01 Å². The van der Waals surface area contributed by atoms with Crippen molar-refractivity contribution in [2.45, 2.75) is 52.0 Å². The van der Waals surface area contributed by atoms with Gasteiger partial charge in [-0.3, -0.25) is 4.90 Å². The van der Waals surface area contributed by atoms with E-state index in [-0.39, 0.29) is 0 Å². The van der Waals surface area contributed by atoms with E-state index in [0.29, 0.717) is 5.41 Å². The third-order valence-electron chi connectivity index (χ3n) is 5.77. The monoisotopic (exact) mass is 305 g/mol. The molecule has 2 fully saturated rings.